The molecule has 0 radical (unpaired) electrons. The summed E-state index contributed by atoms with van der Waals surface area (Å²) in [4.78, 5) is 16.8. The van der Waals surface area contributed by atoms with Gasteiger partial charge in [0.15, 0.2) is 0 Å². The second-order valence-corrected chi connectivity index (χ2v) is 9.27. The van der Waals surface area contributed by atoms with Gasteiger partial charge in [-0.15, -0.1) is 0 Å². The van der Waals surface area contributed by atoms with E-state index in [1.54, 1.807) is 18.5 Å². The van der Waals surface area contributed by atoms with Gasteiger partial charge in [-0.3, -0.25) is 9.78 Å². The predicted octanol–water partition coefficient (Wildman–Crippen LogP) is 3.22. The molecule has 31 heavy (non-hydrogen) atoms. The zero-order valence-corrected chi connectivity index (χ0v) is 17.6. The molecular weight excluding hydrogens is 417 g/mol. The first-order valence-electron chi connectivity index (χ1n) is 9.96. The number of aromatic nitrogens is 1. The van der Waals surface area contributed by atoms with Crippen molar-refractivity contribution in [3.63, 3.8) is 0 Å². The van der Waals surface area contributed by atoms with Crippen molar-refractivity contribution in [3.8, 4) is 0 Å². The second-order valence-electron chi connectivity index (χ2n) is 7.38. The van der Waals surface area contributed by atoms with Crippen molar-refractivity contribution in [2.24, 2.45) is 0 Å². The van der Waals surface area contributed by atoms with Gasteiger partial charge < -0.3 is 5.32 Å². The number of amides is 1. The number of halogens is 1. The van der Waals surface area contributed by atoms with E-state index >= 15 is 0 Å². The van der Waals surface area contributed by atoms with E-state index in [9.17, 15) is 17.6 Å². The fourth-order valence-electron chi connectivity index (χ4n) is 3.82. The van der Waals surface area contributed by atoms with Crippen molar-refractivity contribution in [2.75, 3.05) is 6.54 Å². The summed E-state index contributed by atoms with van der Waals surface area (Å²) in [5.74, 6) is -0.765. The number of benzene rings is 2. The number of hydrogen-bond acceptors (Lipinski definition) is 4. The molecule has 1 N–H and O–H groups in total. The predicted molar refractivity (Wildman–Crippen MR) is 114 cm³/mol. The zero-order chi connectivity index (χ0) is 21.8. The number of nitrogens with zero attached hydrogens (tertiary/aromatic N) is 2. The smallest absolute Gasteiger partial charge is 0.243 e. The second kappa shape index (κ2) is 8.95. The third kappa shape index (κ3) is 4.65. The normalized spacial score (nSPS) is 16.5. The first-order chi connectivity index (χ1) is 14.9. The summed E-state index contributed by atoms with van der Waals surface area (Å²) >= 11 is 0. The average molecular weight is 440 g/mol. The molecule has 0 unspecified atom stereocenters. The Balaban J connectivity index is 1.60. The van der Waals surface area contributed by atoms with Crippen LogP contribution >= 0.6 is 0 Å². The van der Waals surface area contributed by atoms with E-state index < -0.39 is 21.9 Å². The molecule has 1 amide bonds. The minimum atomic E-state index is -3.91. The number of carbonyl (C=O) groups is 1. The van der Waals surface area contributed by atoms with Gasteiger partial charge >= 0.3 is 0 Å². The van der Waals surface area contributed by atoms with E-state index in [1.807, 2.05) is 30.3 Å². The van der Waals surface area contributed by atoms with E-state index in [1.165, 1.54) is 16.4 Å². The highest BCUT2D eigenvalue weighted by Crippen LogP contribution is 2.36. The van der Waals surface area contributed by atoms with Gasteiger partial charge in [-0.2, -0.15) is 4.31 Å². The minimum absolute atomic E-state index is 0.00838. The lowest BCUT2D eigenvalue weighted by Gasteiger charge is -2.36. The van der Waals surface area contributed by atoms with Crippen molar-refractivity contribution >= 4 is 15.9 Å². The molecule has 3 aromatic rings. The maximum atomic E-state index is 13.3. The minimum Gasteiger partial charge on any atom is -0.352 e. The van der Waals surface area contributed by atoms with Crippen molar-refractivity contribution < 1.29 is 17.6 Å². The first kappa shape index (κ1) is 21.1. The first-order valence-corrected chi connectivity index (χ1v) is 11.4. The summed E-state index contributed by atoms with van der Waals surface area (Å²) in [5, 5.41) is 2.85. The lowest BCUT2D eigenvalue weighted by molar-refractivity contribution is -0.122. The quantitative estimate of drug-likeness (QED) is 0.640. The molecular formula is C23H22FN3O3S. The topological polar surface area (TPSA) is 79.4 Å². The molecule has 6 nitrogen and oxygen atoms in total. The molecule has 1 atom stereocenters. The Morgan fingerprint density at radius 3 is 2.61 bits per heavy atom. The highest BCUT2D eigenvalue weighted by atomic mass is 32.2. The molecule has 2 aromatic carbocycles. The van der Waals surface area contributed by atoms with Crippen LogP contribution in [0.4, 0.5) is 4.39 Å². The van der Waals surface area contributed by atoms with Crippen LogP contribution in [0.2, 0.25) is 0 Å². The van der Waals surface area contributed by atoms with Crippen molar-refractivity contribution in [1.29, 1.82) is 0 Å². The molecule has 1 aliphatic heterocycles. The molecule has 1 aromatic heterocycles. The Hall–Kier alpha value is -3.10. The molecule has 160 valence electrons. The number of rotatable bonds is 6. The number of pyridine rings is 1. The Kier molecular flexibility index (Phi) is 6.11. The fraction of sp³-hybridized carbons (Fsp3) is 0.217. The van der Waals surface area contributed by atoms with Crippen molar-refractivity contribution in [3.05, 3.63) is 95.6 Å². The number of fused-ring (bicyclic) bond motifs is 1. The Labute approximate surface area is 180 Å². The van der Waals surface area contributed by atoms with Crippen LogP contribution in [0.1, 0.15) is 29.2 Å². The zero-order valence-electron chi connectivity index (χ0n) is 16.7. The van der Waals surface area contributed by atoms with E-state index in [-0.39, 0.29) is 23.8 Å². The molecule has 0 fully saturated rings. The molecule has 0 saturated heterocycles. The molecule has 2 heterocycles. The highest BCUT2D eigenvalue weighted by Gasteiger charge is 2.37. The SMILES string of the molecule is O=C(C[C@H]1c2ccccc2CCN1S(=O)(=O)c1ccc(F)cc1)NCc1cccnc1. The Bertz CT molecular complexity index is 1170. The van der Waals surface area contributed by atoms with E-state index in [2.05, 4.69) is 10.3 Å². The van der Waals surface area contributed by atoms with Crippen LogP contribution < -0.4 is 5.32 Å². The lowest BCUT2D eigenvalue weighted by atomic mass is 9.92. The third-order valence-corrected chi connectivity index (χ3v) is 7.30. The van der Waals surface area contributed by atoms with Gasteiger partial charge in [0.25, 0.3) is 0 Å². The molecule has 0 saturated carbocycles. The van der Waals surface area contributed by atoms with Crippen molar-refractivity contribution in [1.82, 2.24) is 14.6 Å². The lowest BCUT2D eigenvalue weighted by Crippen LogP contribution is -2.42. The van der Waals surface area contributed by atoms with Gasteiger partial charge in [0.05, 0.1) is 10.9 Å². The number of carbonyl (C=O) groups excluding carboxylic acids is 1. The number of sulfonamides is 1. The van der Waals surface area contributed by atoms with Crippen LogP contribution in [0.5, 0.6) is 0 Å². The van der Waals surface area contributed by atoms with Crippen LogP contribution in [-0.4, -0.2) is 30.2 Å². The van der Waals surface area contributed by atoms with E-state index in [0.29, 0.717) is 13.0 Å². The monoisotopic (exact) mass is 439 g/mol. The van der Waals surface area contributed by atoms with Crippen LogP contribution in [-0.2, 0) is 27.8 Å². The molecule has 0 spiro atoms. The van der Waals surface area contributed by atoms with Gasteiger partial charge in [0.2, 0.25) is 15.9 Å². The summed E-state index contributed by atoms with van der Waals surface area (Å²) in [7, 11) is -3.91. The summed E-state index contributed by atoms with van der Waals surface area (Å²) in [6, 6.07) is 15.3. The molecule has 0 bridgehead atoms. The summed E-state index contributed by atoms with van der Waals surface area (Å²) in [6.45, 7) is 0.559. The van der Waals surface area contributed by atoms with Crippen molar-refractivity contribution in [2.45, 2.75) is 30.3 Å². The molecule has 8 heteroatoms. The van der Waals surface area contributed by atoms with Gasteiger partial charge in [-0.25, -0.2) is 12.8 Å². The van der Waals surface area contributed by atoms with Crippen LogP contribution in [0.3, 0.4) is 0 Å². The summed E-state index contributed by atoms with van der Waals surface area (Å²) in [5.41, 5.74) is 2.70. The van der Waals surface area contributed by atoms with Gasteiger partial charge in [-0.1, -0.05) is 30.3 Å². The average Bonchev–Trinajstić information content (AvgIpc) is 2.79. The van der Waals surface area contributed by atoms with Gasteiger partial charge in [0, 0.05) is 31.9 Å². The number of nitrogens with one attached hydrogen (secondary N) is 1. The van der Waals surface area contributed by atoms with Crippen LogP contribution in [0.25, 0.3) is 0 Å². The Morgan fingerprint density at radius 1 is 1.10 bits per heavy atom. The maximum absolute atomic E-state index is 13.3. The highest BCUT2D eigenvalue weighted by molar-refractivity contribution is 7.89. The molecule has 1 aliphatic rings. The van der Waals surface area contributed by atoms with Gasteiger partial charge in [-0.05, 0) is 53.4 Å². The molecule has 4 rings (SSSR count). The van der Waals surface area contributed by atoms with Gasteiger partial charge in [0.1, 0.15) is 5.82 Å². The molecule has 0 aliphatic carbocycles. The van der Waals surface area contributed by atoms with Crippen LogP contribution in [0.15, 0.2) is 78.0 Å². The summed E-state index contributed by atoms with van der Waals surface area (Å²) in [6.07, 6.45) is 3.85. The fourth-order valence-corrected chi connectivity index (χ4v) is 5.43. The summed E-state index contributed by atoms with van der Waals surface area (Å²) < 4.78 is 41.4. The standard InChI is InChI=1S/C23H22FN3O3S/c24-19-7-9-20(10-8-19)31(29,30)27-13-11-18-5-1-2-6-21(18)22(27)14-23(28)26-16-17-4-3-12-25-15-17/h1-10,12,15,22H,11,13-14,16H2,(H,26,28)/t22-/m0/s1. The number of hydrogen-bond donors (Lipinski definition) is 1. The largest absolute Gasteiger partial charge is 0.352 e. The van der Waals surface area contributed by atoms with Crippen LogP contribution in [0, 0.1) is 5.82 Å². The van der Waals surface area contributed by atoms with E-state index in [4.69, 9.17) is 0 Å². The third-order valence-electron chi connectivity index (χ3n) is 5.37. The Morgan fingerprint density at radius 2 is 1.87 bits per heavy atom. The maximum Gasteiger partial charge on any atom is 0.243 e. The van der Waals surface area contributed by atoms with E-state index in [0.717, 1.165) is 28.8 Å².